The molecule has 11 nitrogen and oxygen atoms in total. The summed E-state index contributed by atoms with van der Waals surface area (Å²) in [7, 11) is 2.82. The van der Waals surface area contributed by atoms with E-state index in [-0.39, 0.29) is 37.1 Å². The van der Waals surface area contributed by atoms with Crippen molar-refractivity contribution in [2.75, 3.05) is 45.5 Å². The molecule has 0 aromatic heterocycles. The minimum atomic E-state index is -0.837. The molecule has 2 fully saturated rings. The van der Waals surface area contributed by atoms with Crippen LogP contribution in [0.15, 0.2) is 24.8 Å². The van der Waals surface area contributed by atoms with Gasteiger partial charge in [0.05, 0.1) is 38.1 Å². The molecule has 3 aliphatic heterocycles. The minimum absolute atomic E-state index is 0.00726. The lowest BCUT2D eigenvalue weighted by molar-refractivity contribution is -0.198. The van der Waals surface area contributed by atoms with Crippen LogP contribution in [0.1, 0.15) is 61.7 Å². The van der Waals surface area contributed by atoms with Gasteiger partial charge in [0.25, 0.3) is 5.91 Å². The number of nitrogens with zero attached hydrogens (tertiary/aromatic N) is 2. The number of hydrogen-bond donors (Lipinski definition) is 0. The maximum Gasteiger partial charge on any atom is 0.416 e. The molecule has 2 amide bonds. The van der Waals surface area contributed by atoms with Crippen molar-refractivity contribution in [2.24, 2.45) is 0 Å². The van der Waals surface area contributed by atoms with Crippen molar-refractivity contribution < 1.29 is 42.8 Å². The van der Waals surface area contributed by atoms with Gasteiger partial charge in [-0.1, -0.05) is 12.7 Å². The predicted molar refractivity (Wildman–Crippen MR) is 141 cm³/mol. The van der Waals surface area contributed by atoms with Crippen molar-refractivity contribution in [3.63, 3.8) is 0 Å². The molecular formula is C28H38N2O9. The standard InChI is InChI=1S/C28H38N2O9/c1-4-14-38-28(33)30-21-18-23(36-16-9-11-24(31)35-3)22(34-2)17-19(21)26(32)29-13-7-5-10-20(29)27(30)39-25-12-6-8-15-37-25/h4,17-18,20,25,27H,1,5-16H2,2-3H3/t20-,25?,27-/m0/s1. The summed E-state index contributed by atoms with van der Waals surface area (Å²) in [6.45, 7) is 4.95. The molecule has 1 aromatic rings. The van der Waals surface area contributed by atoms with E-state index in [1.54, 1.807) is 17.0 Å². The highest BCUT2D eigenvalue weighted by molar-refractivity contribution is 6.06. The van der Waals surface area contributed by atoms with Gasteiger partial charge in [0.15, 0.2) is 24.0 Å². The lowest BCUT2D eigenvalue weighted by atomic mass is 10.00. The summed E-state index contributed by atoms with van der Waals surface area (Å²) in [5, 5.41) is 0. The first-order valence-electron chi connectivity index (χ1n) is 13.5. The Morgan fingerprint density at radius 3 is 2.67 bits per heavy atom. The van der Waals surface area contributed by atoms with Gasteiger partial charge in [-0.25, -0.2) is 9.69 Å². The molecule has 3 atom stereocenters. The second-order valence-corrected chi connectivity index (χ2v) is 9.67. The summed E-state index contributed by atoms with van der Waals surface area (Å²) in [5.74, 6) is 0.101. The Hall–Kier alpha value is -3.31. The lowest BCUT2D eigenvalue weighted by Crippen LogP contribution is -2.57. The van der Waals surface area contributed by atoms with Gasteiger partial charge >= 0.3 is 12.1 Å². The van der Waals surface area contributed by atoms with Crippen LogP contribution in [-0.4, -0.2) is 82.0 Å². The predicted octanol–water partition coefficient (Wildman–Crippen LogP) is 4.03. The summed E-state index contributed by atoms with van der Waals surface area (Å²) in [6, 6.07) is 2.80. The van der Waals surface area contributed by atoms with E-state index < -0.39 is 24.7 Å². The summed E-state index contributed by atoms with van der Waals surface area (Å²) in [5.41, 5.74) is 0.583. The molecule has 2 saturated heterocycles. The summed E-state index contributed by atoms with van der Waals surface area (Å²) < 4.78 is 34.1. The van der Waals surface area contributed by atoms with Gasteiger partial charge in [-0.05, 0) is 51.0 Å². The minimum Gasteiger partial charge on any atom is -0.493 e. The van der Waals surface area contributed by atoms with Crippen LogP contribution in [0.2, 0.25) is 0 Å². The first-order chi connectivity index (χ1) is 19.0. The highest BCUT2D eigenvalue weighted by atomic mass is 16.7. The van der Waals surface area contributed by atoms with E-state index in [0.717, 1.165) is 25.7 Å². The number of anilines is 1. The van der Waals surface area contributed by atoms with Crippen LogP contribution in [-0.2, 0) is 23.7 Å². The van der Waals surface area contributed by atoms with Gasteiger partial charge in [-0.15, -0.1) is 0 Å². The van der Waals surface area contributed by atoms with Crippen LogP contribution in [0.4, 0.5) is 10.5 Å². The number of carbonyl (C=O) groups excluding carboxylic acids is 3. The van der Waals surface area contributed by atoms with Gasteiger partial charge in [0.1, 0.15) is 6.61 Å². The molecule has 0 spiro atoms. The Kier molecular flexibility index (Phi) is 10.0. The zero-order valence-corrected chi connectivity index (χ0v) is 22.7. The van der Waals surface area contributed by atoms with Crippen molar-refractivity contribution in [3.05, 3.63) is 30.4 Å². The van der Waals surface area contributed by atoms with Crippen molar-refractivity contribution in [1.82, 2.24) is 4.90 Å². The number of fused-ring (bicyclic) bond motifs is 2. The van der Waals surface area contributed by atoms with E-state index in [2.05, 4.69) is 6.58 Å². The van der Waals surface area contributed by atoms with Gasteiger partial charge in [0, 0.05) is 25.6 Å². The van der Waals surface area contributed by atoms with Gasteiger partial charge in [-0.2, -0.15) is 0 Å². The highest BCUT2D eigenvalue weighted by Gasteiger charge is 2.46. The second-order valence-electron chi connectivity index (χ2n) is 9.67. The van der Waals surface area contributed by atoms with Crippen molar-refractivity contribution in [1.29, 1.82) is 0 Å². The lowest BCUT2D eigenvalue weighted by Gasteiger charge is -2.42. The van der Waals surface area contributed by atoms with E-state index in [1.165, 1.54) is 25.2 Å². The van der Waals surface area contributed by atoms with E-state index in [0.29, 0.717) is 49.6 Å². The molecule has 3 heterocycles. The Morgan fingerprint density at radius 1 is 1.13 bits per heavy atom. The molecule has 0 bridgehead atoms. The molecule has 39 heavy (non-hydrogen) atoms. The Bertz CT molecular complexity index is 1040. The average Bonchev–Trinajstić information content (AvgIpc) is 3.06. The van der Waals surface area contributed by atoms with Crippen molar-refractivity contribution in [2.45, 2.75) is 69.9 Å². The van der Waals surface area contributed by atoms with Crippen LogP contribution < -0.4 is 14.4 Å². The fraction of sp³-hybridized carbons (Fsp3) is 0.607. The average molecular weight is 547 g/mol. The van der Waals surface area contributed by atoms with E-state index in [4.69, 9.17) is 28.4 Å². The van der Waals surface area contributed by atoms with Crippen LogP contribution >= 0.6 is 0 Å². The van der Waals surface area contributed by atoms with Crippen molar-refractivity contribution >= 4 is 23.7 Å². The highest BCUT2D eigenvalue weighted by Crippen LogP contribution is 2.42. The molecule has 0 saturated carbocycles. The number of benzene rings is 1. The van der Waals surface area contributed by atoms with Crippen LogP contribution in [0.3, 0.4) is 0 Å². The SMILES string of the molecule is C=CCOC(=O)N1c2cc(OCCCC(=O)OC)c(OC)cc2C(=O)N2CCCC[C@H]2[C@@H]1OC1CCCCO1. The van der Waals surface area contributed by atoms with Crippen molar-refractivity contribution in [3.8, 4) is 11.5 Å². The van der Waals surface area contributed by atoms with Crippen LogP contribution in [0, 0.1) is 0 Å². The molecule has 0 N–H and O–H groups in total. The first kappa shape index (κ1) is 28.7. The van der Waals surface area contributed by atoms with Crippen LogP contribution in [0.5, 0.6) is 11.5 Å². The Balaban J connectivity index is 1.76. The number of hydrogen-bond acceptors (Lipinski definition) is 9. The molecule has 4 rings (SSSR count). The van der Waals surface area contributed by atoms with E-state index >= 15 is 0 Å². The maximum absolute atomic E-state index is 13.9. The van der Waals surface area contributed by atoms with Gasteiger partial charge in [0.2, 0.25) is 0 Å². The number of ether oxygens (including phenoxy) is 6. The topological polar surface area (TPSA) is 113 Å². The smallest absolute Gasteiger partial charge is 0.416 e. The third-order valence-corrected chi connectivity index (χ3v) is 7.13. The summed E-state index contributed by atoms with van der Waals surface area (Å²) in [4.78, 5) is 42.3. The number of amides is 2. The molecule has 1 unspecified atom stereocenters. The van der Waals surface area contributed by atoms with Crippen LogP contribution in [0.25, 0.3) is 0 Å². The number of methoxy groups -OCH3 is 2. The number of esters is 1. The number of rotatable bonds is 10. The first-order valence-corrected chi connectivity index (χ1v) is 13.5. The quantitative estimate of drug-likeness (QED) is 0.244. The monoisotopic (exact) mass is 546 g/mol. The maximum atomic E-state index is 13.9. The fourth-order valence-electron chi connectivity index (χ4n) is 5.19. The fourth-order valence-corrected chi connectivity index (χ4v) is 5.19. The molecule has 0 radical (unpaired) electrons. The molecule has 3 aliphatic rings. The third-order valence-electron chi connectivity index (χ3n) is 7.13. The molecule has 1 aromatic carbocycles. The zero-order valence-electron chi connectivity index (χ0n) is 22.7. The van der Waals surface area contributed by atoms with Gasteiger partial charge in [-0.3, -0.25) is 9.59 Å². The molecule has 214 valence electrons. The Morgan fingerprint density at radius 2 is 1.95 bits per heavy atom. The number of carbonyl (C=O) groups is 3. The van der Waals surface area contributed by atoms with E-state index in [9.17, 15) is 14.4 Å². The molecular weight excluding hydrogens is 508 g/mol. The summed E-state index contributed by atoms with van der Waals surface area (Å²) in [6.07, 6.45) is 5.07. The Labute approximate surface area is 228 Å². The molecule has 0 aliphatic carbocycles. The zero-order chi connectivity index (χ0) is 27.8. The molecule has 11 heteroatoms. The second kappa shape index (κ2) is 13.7. The summed E-state index contributed by atoms with van der Waals surface area (Å²) >= 11 is 0. The number of piperidine rings is 1. The van der Waals surface area contributed by atoms with Gasteiger partial charge < -0.3 is 33.3 Å². The third kappa shape index (κ3) is 6.65. The van der Waals surface area contributed by atoms with E-state index in [1.807, 2.05) is 0 Å². The largest absolute Gasteiger partial charge is 0.493 e. The normalized spacial score (nSPS) is 22.7.